The molecule has 2 heteroatoms. The quantitative estimate of drug-likeness (QED) is 0.448. The second-order valence-corrected chi connectivity index (χ2v) is 12.0. The minimum atomic E-state index is -0.621. The van der Waals surface area contributed by atoms with E-state index < -0.39 is 5.60 Å². The van der Waals surface area contributed by atoms with E-state index in [9.17, 15) is 10.2 Å². The van der Waals surface area contributed by atoms with E-state index in [1.807, 2.05) is 13.8 Å². The average molecular weight is 415 g/mol. The molecular weight excluding hydrogens is 368 g/mol. The van der Waals surface area contributed by atoms with Crippen molar-refractivity contribution in [3.05, 3.63) is 35.5 Å². The first-order valence-electron chi connectivity index (χ1n) is 12.4. The van der Waals surface area contributed by atoms with Crippen LogP contribution in [0, 0.1) is 34.5 Å². The fourth-order valence-electron chi connectivity index (χ4n) is 6.98. The molecule has 2 N–H and O–H groups in total. The highest BCUT2D eigenvalue weighted by Crippen LogP contribution is 2.64. The van der Waals surface area contributed by atoms with Gasteiger partial charge in [0.15, 0.2) is 0 Å². The van der Waals surface area contributed by atoms with Gasteiger partial charge in [0.05, 0.1) is 11.7 Å². The van der Waals surface area contributed by atoms with Crippen molar-refractivity contribution in [2.75, 3.05) is 0 Å². The maximum Gasteiger partial charge on any atom is 0.0626 e. The Bertz CT molecular complexity index is 705. The molecule has 0 bridgehead atoms. The summed E-state index contributed by atoms with van der Waals surface area (Å²) >= 11 is 0. The minimum absolute atomic E-state index is 0.151. The summed E-state index contributed by atoms with van der Waals surface area (Å²) in [7, 11) is 0. The van der Waals surface area contributed by atoms with E-state index in [0.717, 1.165) is 25.2 Å². The van der Waals surface area contributed by atoms with Gasteiger partial charge in [-0.3, -0.25) is 0 Å². The fourth-order valence-corrected chi connectivity index (χ4v) is 6.98. The van der Waals surface area contributed by atoms with Crippen LogP contribution in [0.3, 0.4) is 0 Å². The lowest BCUT2D eigenvalue weighted by Gasteiger charge is -2.52. The highest BCUT2D eigenvalue weighted by Gasteiger charge is 2.55. The van der Waals surface area contributed by atoms with E-state index in [0.29, 0.717) is 23.2 Å². The smallest absolute Gasteiger partial charge is 0.0626 e. The van der Waals surface area contributed by atoms with Crippen molar-refractivity contribution in [2.24, 2.45) is 34.5 Å². The molecule has 0 radical (unpaired) electrons. The fraction of sp³-hybridized carbons (Fsp3) is 0.786. The molecule has 0 amide bonds. The summed E-state index contributed by atoms with van der Waals surface area (Å²) in [6, 6.07) is 0. The number of hydrogen-bond donors (Lipinski definition) is 2. The highest BCUT2D eigenvalue weighted by molar-refractivity contribution is 5.37. The molecule has 2 fully saturated rings. The molecule has 6 atom stereocenters. The maximum atomic E-state index is 10.3. The molecule has 170 valence electrons. The Morgan fingerprint density at radius 3 is 2.47 bits per heavy atom. The van der Waals surface area contributed by atoms with Gasteiger partial charge in [0.2, 0.25) is 0 Å². The van der Waals surface area contributed by atoms with Gasteiger partial charge < -0.3 is 10.2 Å². The average Bonchev–Trinajstić information content (AvgIpc) is 3.00. The zero-order valence-corrected chi connectivity index (χ0v) is 20.5. The van der Waals surface area contributed by atoms with Crippen LogP contribution in [-0.4, -0.2) is 21.9 Å². The summed E-state index contributed by atoms with van der Waals surface area (Å²) < 4.78 is 0. The van der Waals surface area contributed by atoms with Gasteiger partial charge in [-0.15, -0.1) is 0 Å². The van der Waals surface area contributed by atoms with E-state index in [2.05, 4.69) is 58.9 Å². The monoisotopic (exact) mass is 414 g/mol. The third-order valence-corrected chi connectivity index (χ3v) is 8.98. The summed E-state index contributed by atoms with van der Waals surface area (Å²) in [5.74, 6) is 2.60. The van der Waals surface area contributed by atoms with Gasteiger partial charge in [-0.25, -0.2) is 0 Å². The Labute approximate surface area is 185 Å². The molecule has 0 saturated heterocycles. The second-order valence-electron chi connectivity index (χ2n) is 12.0. The van der Waals surface area contributed by atoms with Gasteiger partial charge in [-0.2, -0.15) is 0 Å². The Morgan fingerprint density at radius 2 is 1.83 bits per heavy atom. The van der Waals surface area contributed by atoms with E-state index in [-0.39, 0.29) is 11.5 Å². The summed E-state index contributed by atoms with van der Waals surface area (Å²) in [6.07, 6.45) is 16.7. The van der Waals surface area contributed by atoms with Gasteiger partial charge in [0.1, 0.15) is 0 Å². The van der Waals surface area contributed by atoms with Crippen molar-refractivity contribution in [1.82, 2.24) is 0 Å². The third-order valence-electron chi connectivity index (χ3n) is 8.98. The third kappa shape index (κ3) is 4.51. The summed E-state index contributed by atoms with van der Waals surface area (Å²) in [5.41, 5.74) is 3.04. The normalized spacial score (nSPS) is 35.4. The van der Waals surface area contributed by atoms with Crippen LogP contribution in [0.4, 0.5) is 0 Å². The van der Waals surface area contributed by atoms with Crippen LogP contribution in [0.5, 0.6) is 0 Å². The Hall–Kier alpha value is -0.860. The number of hydrogen-bond acceptors (Lipinski definition) is 2. The molecular formula is C28H46O2. The molecule has 0 aromatic carbocycles. The van der Waals surface area contributed by atoms with Crippen LogP contribution in [0.25, 0.3) is 0 Å². The Morgan fingerprint density at radius 1 is 1.13 bits per heavy atom. The molecule has 0 unspecified atom stereocenters. The SMILES string of the molecule is CC[C@H](O)CC1=CC=C2[C@H](CC[C@]3(C)[C@@H]([C@H](C)/C=C/CC(C)(C)O)CC[C@@H]23)C1(C)C. The standard InChI is InChI=1S/C28H46O2/c1-8-21(29)18-20-11-12-22-24(27(20,5)6)15-17-28(7)23(13-14-25(22)28)19(2)10-9-16-26(3,4)30/h9-12,19,21,23-25,29-30H,8,13-18H2,1-7H3/b10-9+/t19-,21+,23-,24+,25+,28-/m1/s1. The summed E-state index contributed by atoms with van der Waals surface area (Å²) in [6.45, 7) is 15.6. The summed E-state index contributed by atoms with van der Waals surface area (Å²) in [4.78, 5) is 0. The number of aliphatic hydroxyl groups is 2. The molecule has 3 aliphatic rings. The lowest BCUT2D eigenvalue weighted by Crippen LogP contribution is -2.44. The van der Waals surface area contributed by atoms with Crippen LogP contribution in [-0.2, 0) is 0 Å². The van der Waals surface area contributed by atoms with Gasteiger partial charge in [-0.05, 0) is 93.3 Å². The lowest BCUT2D eigenvalue weighted by atomic mass is 9.52. The van der Waals surface area contributed by atoms with Gasteiger partial charge in [0.25, 0.3) is 0 Å². The maximum absolute atomic E-state index is 10.3. The highest BCUT2D eigenvalue weighted by atomic mass is 16.3. The number of aliphatic hydroxyl groups excluding tert-OH is 1. The van der Waals surface area contributed by atoms with E-state index in [4.69, 9.17) is 0 Å². The van der Waals surface area contributed by atoms with Crippen molar-refractivity contribution in [3.8, 4) is 0 Å². The topological polar surface area (TPSA) is 40.5 Å². The van der Waals surface area contributed by atoms with Gasteiger partial charge in [0, 0.05) is 0 Å². The van der Waals surface area contributed by atoms with Crippen molar-refractivity contribution < 1.29 is 10.2 Å². The molecule has 0 spiro atoms. The molecule has 0 aliphatic heterocycles. The van der Waals surface area contributed by atoms with Crippen LogP contribution in [0.2, 0.25) is 0 Å². The molecule has 2 saturated carbocycles. The zero-order valence-electron chi connectivity index (χ0n) is 20.5. The van der Waals surface area contributed by atoms with Crippen LogP contribution in [0.1, 0.15) is 93.4 Å². The molecule has 30 heavy (non-hydrogen) atoms. The molecule has 0 aromatic heterocycles. The summed E-state index contributed by atoms with van der Waals surface area (Å²) in [5, 5.41) is 20.3. The number of rotatable bonds is 7. The predicted molar refractivity (Wildman–Crippen MR) is 127 cm³/mol. The Kier molecular flexibility index (Phi) is 6.81. The molecule has 0 aromatic rings. The second kappa shape index (κ2) is 8.58. The Balaban J connectivity index is 1.80. The van der Waals surface area contributed by atoms with Crippen molar-refractivity contribution >= 4 is 0 Å². The molecule has 3 rings (SSSR count). The zero-order chi connectivity index (χ0) is 22.3. The van der Waals surface area contributed by atoms with Crippen LogP contribution in [0.15, 0.2) is 35.5 Å². The van der Waals surface area contributed by atoms with Gasteiger partial charge in [-0.1, -0.05) is 70.1 Å². The van der Waals surface area contributed by atoms with E-state index >= 15 is 0 Å². The first-order valence-corrected chi connectivity index (χ1v) is 12.4. The number of fused-ring (bicyclic) bond motifs is 3. The van der Waals surface area contributed by atoms with Crippen molar-refractivity contribution in [3.63, 3.8) is 0 Å². The lowest BCUT2D eigenvalue weighted by molar-refractivity contribution is 0.0656. The predicted octanol–water partition coefficient (Wildman–Crippen LogP) is 6.84. The molecule has 2 nitrogen and oxygen atoms in total. The van der Waals surface area contributed by atoms with E-state index in [1.165, 1.54) is 31.3 Å². The molecule has 0 heterocycles. The van der Waals surface area contributed by atoms with Crippen molar-refractivity contribution in [1.29, 1.82) is 0 Å². The first kappa shape index (κ1) is 23.8. The van der Waals surface area contributed by atoms with E-state index in [1.54, 1.807) is 5.57 Å². The largest absolute Gasteiger partial charge is 0.393 e. The number of allylic oxidation sites excluding steroid dienone is 4. The van der Waals surface area contributed by atoms with Crippen molar-refractivity contribution in [2.45, 2.75) is 105 Å². The minimum Gasteiger partial charge on any atom is -0.393 e. The first-order chi connectivity index (χ1) is 13.9. The van der Waals surface area contributed by atoms with Crippen LogP contribution < -0.4 is 0 Å². The molecule has 3 aliphatic carbocycles. The van der Waals surface area contributed by atoms with Gasteiger partial charge >= 0.3 is 0 Å². The van der Waals surface area contributed by atoms with Crippen LogP contribution >= 0.6 is 0 Å².